The standard InChI is InChI=1S/C15H25N3O3/c1-11(2)13-10-14(17-16-13)15(20)18-6-4-12(5-7-18)21-9-3-8-19/h10-12,19H,3-9H2,1-2H3,(H,16,17). The third-order valence-corrected chi connectivity index (χ3v) is 3.82. The first kappa shape index (κ1) is 16.0. The van der Waals surface area contributed by atoms with E-state index in [1.54, 1.807) is 0 Å². The number of amides is 1. The van der Waals surface area contributed by atoms with Crippen molar-refractivity contribution in [2.45, 2.75) is 45.1 Å². The minimum absolute atomic E-state index is 0.00745. The molecule has 1 amide bonds. The Labute approximate surface area is 125 Å². The van der Waals surface area contributed by atoms with Crippen LogP contribution in [0.2, 0.25) is 0 Å². The lowest BCUT2D eigenvalue weighted by Gasteiger charge is -2.31. The van der Waals surface area contributed by atoms with Crippen molar-refractivity contribution in [3.8, 4) is 0 Å². The van der Waals surface area contributed by atoms with Crippen molar-refractivity contribution in [1.29, 1.82) is 0 Å². The quantitative estimate of drug-likeness (QED) is 0.780. The molecule has 1 aliphatic heterocycles. The van der Waals surface area contributed by atoms with E-state index in [0.29, 0.717) is 37.7 Å². The van der Waals surface area contributed by atoms with Crippen molar-refractivity contribution in [2.24, 2.45) is 0 Å². The molecule has 0 radical (unpaired) electrons. The molecule has 2 heterocycles. The topological polar surface area (TPSA) is 78.5 Å². The lowest BCUT2D eigenvalue weighted by molar-refractivity contribution is 0.00384. The van der Waals surface area contributed by atoms with E-state index < -0.39 is 0 Å². The Kier molecular flexibility index (Phi) is 5.76. The molecule has 0 saturated carbocycles. The molecular formula is C15H25N3O3. The minimum Gasteiger partial charge on any atom is -0.396 e. The predicted octanol–water partition coefficient (Wildman–Crippen LogP) is 1.54. The maximum Gasteiger partial charge on any atom is 0.274 e. The van der Waals surface area contributed by atoms with Crippen LogP contribution in [0, 0.1) is 0 Å². The van der Waals surface area contributed by atoms with Gasteiger partial charge in [0.15, 0.2) is 0 Å². The van der Waals surface area contributed by atoms with Crippen LogP contribution in [0.3, 0.4) is 0 Å². The molecule has 1 aromatic heterocycles. The molecular weight excluding hydrogens is 270 g/mol. The van der Waals surface area contributed by atoms with E-state index in [2.05, 4.69) is 24.0 Å². The van der Waals surface area contributed by atoms with Crippen LogP contribution in [-0.2, 0) is 4.74 Å². The van der Waals surface area contributed by atoms with Crippen molar-refractivity contribution in [2.75, 3.05) is 26.3 Å². The Morgan fingerprint density at radius 3 is 2.81 bits per heavy atom. The molecule has 0 aromatic carbocycles. The van der Waals surface area contributed by atoms with Crippen LogP contribution in [0.25, 0.3) is 0 Å². The van der Waals surface area contributed by atoms with E-state index in [0.717, 1.165) is 18.5 Å². The predicted molar refractivity (Wildman–Crippen MR) is 79.3 cm³/mol. The highest BCUT2D eigenvalue weighted by atomic mass is 16.5. The number of aromatic nitrogens is 2. The van der Waals surface area contributed by atoms with Gasteiger partial charge in [0.2, 0.25) is 0 Å². The lowest BCUT2D eigenvalue weighted by Crippen LogP contribution is -2.41. The number of piperidine rings is 1. The van der Waals surface area contributed by atoms with E-state index in [9.17, 15) is 4.79 Å². The van der Waals surface area contributed by atoms with Crippen LogP contribution in [0.5, 0.6) is 0 Å². The highest BCUT2D eigenvalue weighted by Crippen LogP contribution is 2.18. The van der Waals surface area contributed by atoms with Gasteiger partial charge in [0, 0.05) is 32.0 Å². The summed E-state index contributed by atoms with van der Waals surface area (Å²) < 4.78 is 5.67. The van der Waals surface area contributed by atoms with Crippen molar-refractivity contribution in [3.63, 3.8) is 0 Å². The molecule has 21 heavy (non-hydrogen) atoms. The number of nitrogens with one attached hydrogen (secondary N) is 1. The number of ether oxygens (including phenoxy) is 1. The van der Waals surface area contributed by atoms with E-state index in [1.807, 2.05) is 11.0 Å². The first-order chi connectivity index (χ1) is 10.1. The number of likely N-dealkylation sites (tertiary alicyclic amines) is 1. The highest BCUT2D eigenvalue weighted by molar-refractivity contribution is 5.92. The maximum atomic E-state index is 12.4. The number of carbonyl (C=O) groups excluding carboxylic acids is 1. The van der Waals surface area contributed by atoms with Crippen LogP contribution < -0.4 is 0 Å². The summed E-state index contributed by atoms with van der Waals surface area (Å²) in [7, 11) is 0. The third kappa shape index (κ3) is 4.28. The van der Waals surface area contributed by atoms with Gasteiger partial charge in [-0.1, -0.05) is 13.8 Å². The summed E-state index contributed by atoms with van der Waals surface area (Å²) in [4.78, 5) is 14.2. The highest BCUT2D eigenvalue weighted by Gasteiger charge is 2.25. The summed E-state index contributed by atoms with van der Waals surface area (Å²) in [5, 5.41) is 15.8. The molecule has 0 aliphatic carbocycles. The molecule has 6 heteroatoms. The van der Waals surface area contributed by atoms with Crippen molar-refractivity contribution in [3.05, 3.63) is 17.5 Å². The van der Waals surface area contributed by atoms with Gasteiger partial charge in [-0.25, -0.2) is 0 Å². The first-order valence-corrected chi connectivity index (χ1v) is 7.69. The second-order valence-electron chi connectivity index (χ2n) is 5.80. The fourth-order valence-electron chi connectivity index (χ4n) is 2.44. The van der Waals surface area contributed by atoms with Gasteiger partial charge in [-0.15, -0.1) is 0 Å². The van der Waals surface area contributed by atoms with E-state index in [1.165, 1.54) is 0 Å². The first-order valence-electron chi connectivity index (χ1n) is 7.69. The smallest absolute Gasteiger partial charge is 0.274 e. The molecule has 1 aromatic rings. The Morgan fingerprint density at radius 1 is 1.52 bits per heavy atom. The fraction of sp³-hybridized carbons (Fsp3) is 0.733. The van der Waals surface area contributed by atoms with Gasteiger partial charge in [0.1, 0.15) is 5.69 Å². The summed E-state index contributed by atoms with van der Waals surface area (Å²) in [5.74, 6) is 0.330. The molecule has 2 N–H and O–H groups in total. The molecule has 1 aliphatic rings. The summed E-state index contributed by atoms with van der Waals surface area (Å²) in [5.41, 5.74) is 1.49. The van der Waals surface area contributed by atoms with Gasteiger partial charge in [0.25, 0.3) is 5.91 Å². The van der Waals surface area contributed by atoms with Crippen molar-refractivity contribution in [1.82, 2.24) is 15.1 Å². The molecule has 2 rings (SSSR count). The molecule has 6 nitrogen and oxygen atoms in total. The Morgan fingerprint density at radius 2 is 2.24 bits per heavy atom. The van der Waals surface area contributed by atoms with E-state index >= 15 is 0 Å². The number of rotatable bonds is 6. The number of hydrogen-bond donors (Lipinski definition) is 2. The average molecular weight is 295 g/mol. The van der Waals surface area contributed by atoms with Gasteiger partial charge < -0.3 is 14.7 Å². The number of aliphatic hydroxyl groups excluding tert-OH is 1. The summed E-state index contributed by atoms with van der Waals surface area (Å²) in [6.07, 6.45) is 2.56. The monoisotopic (exact) mass is 295 g/mol. The lowest BCUT2D eigenvalue weighted by atomic mass is 10.1. The number of hydrogen-bond acceptors (Lipinski definition) is 4. The number of carbonyl (C=O) groups is 1. The Balaban J connectivity index is 1.82. The number of aromatic amines is 1. The zero-order chi connectivity index (χ0) is 15.2. The third-order valence-electron chi connectivity index (χ3n) is 3.82. The van der Waals surface area contributed by atoms with Crippen LogP contribution >= 0.6 is 0 Å². The number of nitrogens with zero attached hydrogens (tertiary/aromatic N) is 2. The zero-order valence-electron chi connectivity index (χ0n) is 12.8. The second-order valence-corrected chi connectivity index (χ2v) is 5.80. The number of aliphatic hydroxyl groups is 1. The van der Waals surface area contributed by atoms with Crippen LogP contribution in [0.1, 0.15) is 55.2 Å². The van der Waals surface area contributed by atoms with Gasteiger partial charge in [-0.2, -0.15) is 5.10 Å². The van der Waals surface area contributed by atoms with Crippen LogP contribution in [0.4, 0.5) is 0 Å². The summed E-state index contributed by atoms with van der Waals surface area (Å²) in [6, 6.07) is 1.84. The summed E-state index contributed by atoms with van der Waals surface area (Å²) >= 11 is 0. The van der Waals surface area contributed by atoms with Crippen molar-refractivity contribution < 1.29 is 14.6 Å². The Bertz CT molecular complexity index is 451. The van der Waals surface area contributed by atoms with Gasteiger partial charge in [-0.3, -0.25) is 9.89 Å². The second kappa shape index (κ2) is 7.56. The zero-order valence-corrected chi connectivity index (χ0v) is 12.8. The fourth-order valence-corrected chi connectivity index (χ4v) is 2.44. The molecule has 1 saturated heterocycles. The molecule has 0 unspecified atom stereocenters. The van der Waals surface area contributed by atoms with Gasteiger partial charge in [0.05, 0.1) is 6.10 Å². The maximum absolute atomic E-state index is 12.4. The van der Waals surface area contributed by atoms with Crippen LogP contribution in [-0.4, -0.2) is 58.5 Å². The molecule has 118 valence electrons. The normalized spacial score (nSPS) is 16.7. The van der Waals surface area contributed by atoms with Crippen LogP contribution in [0.15, 0.2) is 6.07 Å². The molecule has 0 bridgehead atoms. The summed E-state index contributed by atoms with van der Waals surface area (Å²) in [6.45, 7) is 6.29. The average Bonchev–Trinajstić information content (AvgIpc) is 2.97. The molecule has 1 fully saturated rings. The molecule has 0 spiro atoms. The van der Waals surface area contributed by atoms with E-state index in [4.69, 9.17) is 9.84 Å². The van der Waals surface area contributed by atoms with Crippen molar-refractivity contribution >= 4 is 5.91 Å². The Hall–Kier alpha value is -1.40. The van der Waals surface area contributed by atoms with E-state index in [-0.39, 0.29) is 18.6 Å². The van der Waals surface area contributed by atoms with Gasteiger partial charge in [-0.05, 0) is 31.2 Å². The SMILES string of the molecule is CC(C)c1cc(C(=O)N2CCC(OCCCO)CC2)n[nH]1. The van der Waals surface area contributed by atoms with Gasteiger partial charge >= 0.3 is 0 Å². The minimum atomic E-state index is -0.00745. The number of H-pyrrole nitrogens is 1. The largest absolute Gasteiger partial charge is 0.396 e. The molecule has 0 atom stereocenters.